The summed E-state index contributed by atoms with van der Waals surface area (Å²) in [5.74, 6) is 0. The topological polar surface area (TPSA) is 76.0 Å². The van der Waals surface area contributed by atoms with Crippen LogP contribution in [0.3, 0.4) is 0 Å². The van der Waals surface area contributed by atoms with Gasteiger partial charge in [0, 0.05) is 13.2 Å². The van der Waals surface area contributed by atoms with Crippen molar-refractivity contribution in [3.63, 3.8) is 0 Å². The number of ether oxygens (including phenoxy) is 1. The molecule has 0 spiro atoms. The maximum Gasteiger partial charge on any atom is 0.238 e. The fourth-order valence-corrected chi connectivity index (χ4v) is 1.18. The molecule has 1 aromatic heterocycles. The predicted molar refractivity (Wildman–Crippen MR) is 56.9 cm³/mol. The Kier molecular flexibility index (Phi) is 4.37. The summed E-state index contributed by atoms with van der Waals surface area (Å²) in [4.78, 5) is 0. The Balaban J connectivity index is 2.13. The number of aliphatic hydroxyl groups is 1. The second-order valence-electron chi connectivity index (χ2n) is 3.95. The van der Waals surface area contributed by atoms with Crippen LogP contribution in [0.1, 0.15) is 20.3 Å². The Morgan fingerprint density at radius 2 is 2.33 bits per heavy atom. The third kappa shape index (κ3) is 5.01. The molecule has 1 heterocycles. The first-order chi connectivity index (χ1) is 6.99. The Morgan fingerprint density at radius 3 is 2.87 bits per heavy atom. The number of tetrazole rings is 1. The molecular weight excluding hydrogens is 216 g/mol. The van der Waals surface area contributed by atoms with Crippen molar-refractivity contribution in [2.75, 3.05) is 13.2 Å². The van der Waals surface area contributed by atoms with Gasteiger partial charge in [-0.2, -0.15) is 5.21 Å². The SMILES string of the molecule is CC(C)(O)COCCCn1[nH]nnc1=S. The van der Waals surface area contributed by atoms with Crippen molar-refractivity contribution >= 4 is 12.2 Å². The Hall–Kier alpha value is -0.790. The highest BCUT2D eigenvalue weighted by Gasteiger charge is 2.11. The van der Waals surface area contributed by atoms with Gasteiger partial charge in [-0.15, -0.1) is 0 Å². The Labute approximate surface area is 93.2 Å². The summed E-state index contributed by atoms with van der Waals surface area (Å²) in [5.41, 5.74) is -0.772. The van der Waals surface area contributed by atoms with Gasteiger partial charge in [0.25, 0.3) is 0 Å². The number of aromatic amines is 1. The first kappa shape index (κ1) is 12.3. The highest BCUT2D eigenvalue weighted by molar-refractivity contribution is 7.71. The fourth-order valence-electron chi connectivity index (χ4n) is 1.01. The maximum absolute atomic E-state index is 9.37. The van der Waals surface area contributed by atoms with Gasteiger partial charge in [0.05, 0.1) is 12.2 Å². The van der Waals surface area contributed by atoms with Crippen LogP contribution >= 0.6 is 12.2 Å². The van der Waals surface area contributed by atoms with Crippen LogP contribution in [0.15, 0.2) is 0 Å². The smallest absolute Gasteiger partial charge is 0.238 e. The lowest BCUT2D eigenvalue weighted by Gasteiger charge is -2.16. The van der Waals surface area contributed by atoms with Gasteiger partial charge in [-0.25, -0.2) is 4.68 Å². The molecule has 0 bridgehead atoms. The van der Waals surface area contributed by atoms with Crippen molar-refractivity contribution in [2.24, 2.45) is 0 Å². The Morgan fingerprint density at radius 1 is 1.60 bits per heavy atom. The van der Waals surface area contributed by atoms with Crippen LogP contribution in [-0.4, -0.2) is 44.1 Å². The number of H-pyrrole nitrogens is 1. The van der Waals surface area contributed by atoms with E-state index in [-0.39, 0.29) is 0 Å². The monoisotopic (exact) mass is 232 g/mol. The molecule has 86 valence electrons. The largest absolute Gasteiger partial charge is 0.388 e. The zero-order chi connectivity index (χ0) is 11.3. The number of nitrogens with one attached hydrogen (secondary N) is 1. The first-order valence-corrected chi connectivity index (χ1v) is 5.18. The molecular formula is C8H16N4O2S. The van der Waals surface area contributed by atoms with E-state index in [4.69, 9.17) is 17.0 Å². The minimum absolute atomic E-state index is 0.333. The number of nitrogens with zero attached hydrogens (tertiary/aromatic N) is 3. The third-order valence-electron chi connectivity index (χ3n) is 1.66. The van der Waals surface area contributed by atoms with Crippen molar-refractivity contribution in [1.29, 1.82) is 0 Å². The Bertz CT molecular complexity index is 341. The first-order valence-electron chi connectivity index (χ1n) is 4.77. The average molecular weight is 232 g/mol. The van der Waals surface area contributed by atoms with Crippen LogP contribution in [0.2, 0.25) is 0 Å². The third-order valence-corrected chi connectivity index (χ3v) is 1.96. The summed E-state index contributed by atoms with van der Waals surface area (Å²) < 4.78 is 7.40. The summed E-state index contributed by atoms with van der Waals surface area (Å²) in [5, 5.41) is 19.2. The molecule has 0 fully saturated rings. The second kappa shape index (κ2) is 5.34. The lowest BCUT2D eigenvalue weighted by atomic mass is 10.2. The van der Waals surface area contributed by atoms with Crippen LogP contribution in [0.25, 0.3) is 0 Å². The normalized spacial score (nSPS) is 11.9. The number of aryl methyl sites for hydroxylation is 1. The van der Waals surface area contributed by atoms with E-state index in [1.54, 1.807) is 18.5 Å². The summed E-state index contributed by atoms with van der Waals surface area (Å²) in [7, 11) is 0. The lowest BCUT2D eigenvalue weighted by Crippen LogP contribution is -2.26. The fraction of sp³-hybridized carbons (Fsp3) is 0.875. The highest BCUT2D eigenvalue weighted by Crippen LogP contribution is 2.01. The van der Waals surface area contributed by atoms with Gasteiger partial charge in [0.2, 0.25) is 4.77 Å². The molecule has 15 heavy (non-hydrogen) atoms. The van der Waals surface area contributed by atoms with Crippen molar-refractivity contribution in [3.05, 3.63) is 4.77 Å². The molecule has 0 aromatic carbocycles. The van der Waals surface area contributed by atoms with Crippen LogP contribution in [-0.2, 0) is 11.3 Å². The molecule has 2 N–H and O–H groups in total. The van der Waals surface area contributed by atoms with Gasteiger partial charge < -0.3 is 9.84 Å². The summed E-state index contributed by atoms with van der Waals surface area (Å²) in [6, 6.07) is 0. The molecule has 0 aliphatic carbocycles. The molecule has 6 nitrogen and oxygen atoms in total. The van der Waals surface area contributed by atoms with E-state index >= 15 is 0 Å². The summed E-state index contributed by atoms with van der Waals surface area (Å²) in [6.45, 7) is 5.02. The number of aromatic nitrogens is 4. The molecule has 1 aromatic rings. The lowest BCUT2D eigenvalue weighted by molar-refractivity contribution is -0.0220. The van der Waals surface area contributed by atoms with E-state index < -0.39 is 5.60 Å². The molecule has 0 aliphatic rings. The van der Waals surface area contributed by atoms with E-state index in [9.17, 15) is 5.11 Å². The minimum Gasteiger partial charge on any atom is -0.388 e. The van der Waals surface area contributed by atoms with Gasteiger partial charge in [-0.05, 0) is 32.5 Å². The summed E-state index contributed by atoms with van der Waals surface area (Å²) >= 11 is 4.90. The standard InChI is InChI=1S/C8H16N4O2S/c1-8(2,13)6-14-5-3-4-12-7(15)9-10-11-12/h13H,3-6H2,1-2H3,(H,9,11,15). The van der Waals surface area contributed by atoms with E-state index in [2.05, 4.69) is 15.5 Å². The van der Waals surface area contributed by atoms with E-state index in [1.807, 2.05) is 0 Å². The van der Waals surface area contributed by atoms with E-state index in [1.165, 1.54) is 0 Å². The number of hydrogen-bond donors (Lipinski definition) is 2. The van der Waals surface area contributed by atoms with Crippen molar-refractivity contribution < 1.29 is 9.84 Å². The summed E-state index contributed by atoms with van der Waals surface area (Å²) in [6.07, 6.45) is 0.800. The molecule has 0 radical (unpaired) electrons. The van der Waals surface area contributed by atoms with E-state index in [0.717, 1.165) is 6.42 Å². The molecule has 0 aliphatic heterocycles. The number of hydrogen-bond acceptors (Lipinski definition) is 5. The molecule has 0 saturated carbocycles. The van der Waals surface area contributed by atoms with Crippen LogP contribution in [0.5, 0.6) is 0 Å². The molecule has 0 amide bonds. The quantitative estimate of drug-likeness (QED) is 0.552. The highest BCUT2D eigenvalue weighted by atomic mass is 32.1. The molecule has 7 heteroatoms. The van der Waals surface area contributed by atoms with Crippen LogP contribution in [0.4, 0.5) is 0 Å². The van der Waals surface area contributed by atoms with Crippen molar-refractivity contribution in [2.45, 2.75) is 32.4 Å². The molecule has 0 saturated heterocycles. The van der Waals surface area contributed by atoms with Gasteiger partial charge in [0.15, 0.2) is 0 Å². The van der Waals surface area contributed by atoms with Crippen molar-refractivity contribution in [1.82, 2.24) is 20.2 Å². The van der Waals surface area contributed by atoms with Gasteiger partial charge in [-0.3, -0.25) is 0 Å². The van der Waals surface area contributed by atoms with Crippen LogP contribution < -0.4 is 0 Å². The zero-order valence-electron chi connectivity index (χ0n) is 8.93. The second-order valence-corrected chi connectivity index (χ2v) is 4.32. The van der Waals surface area contributed by atoms with Crippen LogP contribution in [0, 0.1) is 4.77 Å². The predicted octanol–water partition coefficient (Wildman–Crippen LogP) is 0.513. The molecule has 1 rings (SSSR count). The van der Waals surface area contributed by atoms with E-state index in [0.29, 0.717) is 24.5 Å². The molecule has 0 atom stereocenters. The van der Waals surface area contributed by atoms with Gasteiger partial charge >= 0.3 is 0 Å². The minimum atomic E-state index is -0.772. The average Bonchev–Trinajstić information content (AvgIpc) is 2.49. The maximum atomic E-state index is 9.37. The van der Waals surface area contributed by atoms with Gasteiger partial charge in [-0.1, -0.05) is 10.3 Å². The van der Waals surface area contributed by atoms with Gasteiger partial charge in [0.1, 0.15) is 0 Å². The zero-order valence-corrected chi connectivity index (χ0v) is 9.75. The molecule has 0 unspecified atom stereocenters. The van der Waals surface area contributed by atoms with Crippen molar-refractivity contribution in [3.8, 4) is 0 Å². The number of rotatable bonds is 6.